The van der Waals surface area contributed by atoms with Gasteiger partial charge in [0.15, 0.2) is 0 Å². The molecule has 16 heavy (non-hydrogen) atoms. The third-order valence-corrected chi connectivity index (χ3v) is 1.98. The molecule has 4 nitrogen and oxygen atoms in total. The number of ether oxygens (including phenoxy) is 2. The maximum absolute atomic E-state index is 11.6. The van der Waals surface area contributed by atoms with Crippen molar-refractivity contribution in [3.63, 3.8) is 0 Å². The Kier molecular flexibility index (Phi) is 3.21. The molecule has 0 bridgehead atoms. The standard InChI is InChI=1S/C12H16O4/c1-7(2)6-8(3)9-10(13)15-12(4,5)16-11(9)14/h6H,1-5H3. The topological polar surface area (TPSA) is 52.6 Å². The number of carbonyl (C=O) groups excluding carboxylic acids is 2. The van der Waals surface area contributed by atoms with Crippen LogP contribution in [0.1, 0.15) is 34.6 Å². The van der Waals surface area contributed by atoms with Gasteiger partial charge >= 0.3 is 11.9 Å². The van der Waals surface area contributed by atoms with Gasteiger partial charge in [-0.3, -0.25) is 0 Å². The Hall–Kier alpha value is -1.58. The lowest BCUT2D eigenvalue weighted by Gasteiger charge is -2.30. The summed E-state index contributed by atoms with van der Waals surface area (Å²) in [6, 6.07) is 0. The molecule has 0 radical (unpaired) electrons. The highest BCUT2D eigenvalue weighted by Crippen LogP contribution is 2.25. The van der Waals surface area contributed by atoms with Gasteiger partial charge < -0.3 is 9.47 Å². The van der Waals surface area contributed by atoms with E-state index in [2.05, 4.69) is 0 Å². The molecular formula is C12H16O4. The van der Waals surface area contributed by atoms with Crippen LogP contribution in [0.2, 0.25) is 0 Å². The lowest BCUT2D eigenvalue weighted by atomic mass is 10.1. The second kappa shape index (κ2) is 4.12. The van der Waals surface area contributed by atoms with Crippen LogP contribution in [0.4, 0.5) is 0 Å². The number of rotatable bonds is 1. The number of esters is 2. The van der Waals surface area contributed by atoms with Crippen LogP contribution in [0.25, 0.3) is 0 Å². The number of cyclic esters (lactones) is 2. The van der Waals surface area contributed by atoms with Crippen LogP contribution >= 0.6 is 0 Å². The highest BCUT2D eigenvalue weighted by atomic mass is 16.7. The van der Waals surface area contributed by atoms with E-state index in [0.29, 0.717) is 5.57 Å². The minimum Gasteiger partial charge on any atom is -0.419 e. The Morgan fingerprint density at radius 1 is 1.06 bits per heavy atom. The molecule has 0 N–H and O–H groups in total. The fraction of sp³-hybridized carbons (Fsp3) is 0.500. The number of allylic oxidation sites excluding steroid dienone is 3. The average Bonchev–Trinajstić information content (AvgIpc) is 1.96. The van der Waals surface area contributed by atoms with Gasteiger partial charge in [0, 0.05) is 13.8 Å². The Labute approximate surface area is 94.9 Å². The van der Waals surface area contributed by atoms with E-state index in [4.69, 9.17) is 9.47 Å². The molecule has 1 saturated heterocycles. The predicted octanol–water partition coefficient (Wildman–Crippen LogP) is 2.11. The lowest BCUT2D eigenvalue weighted by Crippen LogP contribution is -2.42. The van der Waals surface area contributed by atoms with Gasteiger partial charge in [-0.1, -0.05) is 11.6 Å². The van der Waals surface area contributed by atoms with Gasteiger partial charge in [0.05, 0.1) is 0 Å². The van der Waals surface area contributed by atoms with Crippen molar-refractivity contribution in [2.24, 2.45) is 0 Å². The fourth-order valence-corrected chi connectivity index (χ4v) is 1.48. The van der Waals surface area contributed by atoms with Crippen molar-refractivity contribution < 1.29 is 19.1 Å². The molecule has 0 aromatic rings. The van der Waals surface area contributed by atoms with E-state index < -0.39 is 17.7 Å². The summed E-state index contributed by atoms with van der Waals surface area (Å²) in [5, 5.41) is 0. The van der Waals surface area contributed by atoms with Crippen LogP contribution in [0.3, 0.4) is 0 Å². The summed E-state index contributed by atoms with van der Waals surface area (Å²) < 4.78 is 9.98. The SMILES string of the molecule is CC(C)=CC(C)=C1C(=O)OC(C)(C)OC1=O. The second-order valence-electron chi connectivity index (χ2n) is 4.46. The van der Waals surface area contributed by atoms with Crippen molar-refractivity contribution in [3.05, 3.63) is 22.8 Å². The summed E-state index contributed by atoms with van der Waals surface area (Å²) in [7, 11) is 0. The molecule has 0 aromatic carbocycles. The first kappa shape index (κ1) is 12.5. The van der Waals surface area contributed by atoms with E-state index in [1.54, 1.807) is 13.0 Å². The maximum atomic E-state index is 11.6. The maximum Gasteiger partial charge on any atom is 0.349 e. The molecule has 4 heteroatoms. The first-order chi connectivity index (χ1) is 7.23. The van der Waals surface area contributed by atoms with E-state index in [1.165, 1.54) is 13.8 Å². The van der Waals surface area contributed by atoms with Gasteiger partial charge in [-0.05, 0) is 26.3 Å². The zero-order valence-electron chi connectivity index (χ0n) is 10.2. The van der Waals surface area contributed by atoms with Gasteiger partial charge in [0.1, 0.15) is 5.57 Å². The number of hydrogen-bond donors (Lipinski definition) is 0. The molecule has 0 atom stereocenters. The highest BCUT2D eigenvalue weighted by Gasteiger charge is 2.39. The molecule has 1 aliphatic rings. The van der Waals surface area contributed by atoms with Gasteiger partial charge in [0.25, 0.3) is 5.79 Å². The Morgan fingerprint density at radius 2 is 1.50 bits per heavy atom. The van der Waals surface area contributed by atoms with Crippen molar-refractivity contribution in [2.45, 2.75) is 40.4 Å². The Bertz CT molecular complexity index is 373. The molecule has 1 fully saturated rings. The molecule has 0 spiro atoms. The van der Waals surface area contributed by atoms with Crippen molar-refractivity contribution in [1.29, 1.82) is 0 Å². The lowest BCUT2D eigenvalue weighted by molar-refractivity contribution is -0.222. The first-order valence-electron chi connectivity index (χ1n) is 5.05. The fourth-order valence-electron chi connectivity index (χ4n) is 1.48. The monoisotopic (exact) mass is 224 g/mol. The average molecular weight is 224 g/mol. The van der Waals surface area contributed by atoms with Crippen LogP contribution in [0.15, 0.2) is 22.8 Å². The summed E-state index contributed by atoms with van der Waals surface area (Å²) in [4.78, 5) is 23.3. The smallest absolute Gasteiger partial charge is 0.349 e. The second-order valence-corrected chi connectivity index (χ2v) is 4.46. The summed E-state index contributed by atoms with van der Waals surface area (Å²) in [5.74, 6) is -2.43. The van der Waals surface area contributed by atoms with E-state index in [0.717, 1.165) is 5.57 Å². The molecule has 0 saturated carbocycles. The molecule has 1 aliphatic heterocycles. The molecule has 0 aromatic heterocycles. The summed E-state index contributed by atoms with van der Waals surface area (Å²) in [6.45, 7) is 8.50. The van der Waals surface area contributed by atoms with Crippen molar-refractivity contribution in [1.82, 2.24) is 0 Å². The Morgan fingerprint density at radius 3 is 1.88 bits per heavy atom. The van der Waals surface area contributed by atoms with E-state index in [-0.39, 0.29) is 5.57 Å². The van der Waals surface area contributed by atoms with Crippen LogP contribution < -0.4 is 0 Å². The summed E-state index contributed by atoms with van der Waals surface area (Å²) in [6.07, 6.45) is 1.75. The number of hydrogen-bond acceptors (Lipinski definition) is 4. The molecule has 1 heterocycles. The van der Waals surface area contributed by atoms with Crippen LogP contribution in [0, 0.1) is 0 Å². The third-order valence-electron chi connectivity index (χ3n) is 1.98. The Balaban J connectivity index is 3.13. The van der Waals surface area contributed by atoms with Crippen molar-refractivity contribution >= 4 is 11.9 Å². The van der Waals surface area contributed by atoms with E-state index in [1.807, 2.05) is 13.8 Å². The van der Waals surface area contributed by atoms with E-state index >= 15 is 0 Å². The van der Waals surface area contributed by atoms with Crippen molar-refractivity contribution in [3.8, 4) is 0 Å². The quantitative estimate of drug-likeness (QED) is 0.389. The number of carbonyl (C=O) groups is 2. The first-order valence-corrected chi connectivity index (χ1v) is 5.05. The van der Waals surface area contributed by atoms with E-state index in [9.17, 15) is 9.59 Å². The molecule has 0 aliphatic carbocycles. The zero-order chi connectivity index (χ0) is 12.5. The van der Waals surface area contributed by atoms with Gasteiger partial charge in [-0.2, -0.15) is 0 Å². The van der Waals surface area contributed by atoms with Crippen LogP contribution in [-0.4, -0.2) is 17.7 Å². The molecule has 88 valence electrons. The third kappa shape index (κ3) is 2.72. The zero-order valence-corrected chi connectivity index (χ0v) is 10.2. The minimum atomic E-state index is -1.18. The molecule has 0 amide bonds. The van der Waals surface area contributed by atoms with Gasteiger partial charge in [0.2, 0.25) is 0 Å². The molecule has 1 rings (SSSR count). The normalized spacial score (nSPS) is 18.7. The predicted molar refractivity (Wildman–Crippen MR) is 58.4 cm³/mol. The van der Waals surface area contributed by atoms with Crippen LogP contribution in [-0.2, 0) is 19.1 Å². The molecule has 0 unspecified atom stereocenters. The molecular weight excluding hydrogens is 208 g/mol. The van der Waals surface area contributed by atoms with Gasteiger partial charge in [-0.15, -0.1) is 0 Å². The largest absolute Gasteiger partial charge is 0.419 e. The van der Waals surface area contributed by atoms with Crippen molar-refractivity contribution in [2.75, 3.05) is 0 Å². The minimum absolute atomic E-state index is 0.0273. The summed E-state index contributed by atoms with van der Waals surface area (Å²) >= 11 is 0. The highest BCUT2D eigenvalue weighted by molar-refractivity contribution is 6.16. The summed E-state index contributed by atoms with van der Waals surface area (Å²) in [5.41, 5.74) is 1.53. The van der Waals surface area contributed by atoms with Crippen LogP contribution in [0.5, 0.6) is 0 Å². The van der Waals surface area contributed by atoms with Gasteiger partial charge in [-0.25, -0.2) is 9.59 Å².